The van der Waals surface area contributed by atoms with Gasteiger partial charge in [-0.1, -0.05) is 198 Å². The van der Waals surface area contributed by atoms with Crippen LogP contribution in [0.5, 0.6) is 0 Å². The van der Waals surface area contributed by atoms with Gasteiger partial charge in [-0.05, 0) is 57.8 Å². The summed E-state index contributed by atoms with van der Waals surface area (Å²) in [5.41, 5.74) is 5.37. The molecular formula is C48H93N2O7P. The molecule has 342 valence electrons. The Labute approximate surface area is 357 Å². The zero-order chi connectivity index (χ0) is 42.6. The highest BCUT2D eigenvalue weighted by Crippen LogP contribution is 2.43. The summed E-state index contributed by atoms with van der Waals surface area (Å²) in [4.78, 5) is 22.8. The number of nitrogens with one attached hydrogen (secondary N) is 1. The predicted octanol–water partition coefficient (Wildman–Crippen LogP) is 12.9. The first-order valence-electron chi connectivity index (χ1n) is 24.2. The van der Waals surface area contributed by atoms with Crippen molar-refractivity contribution in [2.45, 2.75) is 244 Å². The van der Waals surface area contributed by atoms with Crippen molar-refractivity contribution in [2.24, 2.45) is 5.73 Å². The van der Waals surface area contributed by atoms with E-state index in [0.29, 0.717) is 12.8 Å². The number of aliphatic hydroxyl groups is 2. The lowest BCUT2D eigenvalue weighted by Crippen LogP contribution is -2.46. The quantitative estimate of drug-likeness (QED) is 0.0231. The number of phosphoric acid groups is 1. The minimum Gasteiger partial charge on any atom is -0.393 e. The topological polar surface area (TPSA) is 151 Å². The van der Waals surface area contributed by atoms with Crippen molar-refractivity contribution in [3.63, 3.8) is 0 Å². The van der Waals surface area contributed by atoms with Crippen molar-refractivity contribution in [1.82, 2.24) is 5.32 Å². The lowest BCUT2D eigenvalue weighted by molar-refractivity contribution is -0.124. The van der Waals surface area contributed by atoms with Crippen LogP contribution in [0.4, 0.5) is 0 Å². The number of allylic oxidation sites excluding steroid dienone is 5. The van der Waals surface area contributed by atoms with E-state index in [4.69, 9.17) is 14.8 Å². The van der Waals surface area contributed by atoms with Crippen molar-refractivity contribution < 1.29 is 33.5 Å². The van der Waals surface area contributed by atoms with Crippen LogP contribution in [0.25, 0.3) is 0 Å². The van der Waals surface area contributed by atoms with Gasteiger partial charge in [-0.3, -0.25) is 13.8 Å². The Hall–Kier alpha value is -1.32. The van der Waals surface area contributed by atoms with Crippen LogP contribution in [0.2, 0.25) is 0 Å². The molecule has 6 N–H and O–H groups in total. The first-order chi connectivity index (χ1) is 28.3. The van der Waals surface area contributed by atoms with Gasteiger partial charge in [0.2, 0.25) is 5.91 Å². The van der Waals surface area contributed by atoms with E-state index in [0.717, 1.165) is 44.9 Å². The molecule has 0 saturated heterocycles. The molecule has 10 heteroatoms. The standard InChI is InChI=1S/C48H93N2O7P/c1-3-5-7-9-11-13-15-17-19-21-22-24-25-27-29-31-33-35-37-39-45(51)43-48(53)50-46(44-57-58(54,55)56-42-41-49)47(52)40-38-36-34-32-30-28-26-23-20-18-16-14-12-10-8-6-4-2/h24-25,30,32,38,40,45-47,51-52H,3-23,26-29,31,33-37,39,41-44,49H2,1-2H3,(H,50,53)(H,54,55)/b25-24-,32-30+,40-38+. The van der Waals surface area contributed by atoms with Gasteiger partial charge in [-0.15, -0.1) is 0 Å². The number of aliphatic hydroxyl groups excluding tert-OH is 2. The lowest BCUT2D eigenvalue weighted by Gasteiger charge is -2.24. The Bertz CT molecular complexity index is 1020. The molecule has 0 aliphatic heterocycles. The molecule has 0 spiro atoms. The second-order valence-electron chi connectivity index (χ2n) is 16.5. The number of carbonyl (C=O) groups excluding carboxylic acids is 1. The molecule has 0 aromatic rings. The van der Waals surface area contributed by atoms with Gasteiger partial charge in [-0.2, -0.15) is 0 Å². The van der Waals surface area contributed by atoms with Crippen LogP contribution in [0, 0.1) is 0 Å². The minimum atomic E-state index is -4.41. The monoisotopic (exact) mass is 841 g/mol. The molecule has 4 atom stereocenters. The van der Waals surface area contributed by atoms with Gasteiger partial charge in [0.25, 0.3) is 0 Å². The fraction of sp³-hybridized carbons (Fsp3) is 0.854. The van der Waals surface area contributed by atoms with Gasteiger partial charge < -0.3 is 26.2 Å². The third kappa shape index (κ3) is 41.4. The summed E-state index contributed by atoms with van der Waals surface area (Å²) >= 11 is 0. The molecule has 4 unspecified atom stereocenters. The molecule has 0 rings (SSSR count). The molecular weight excluding hydrogens is 748 g/mol. The molecule has 1 amide bonds. The van der Waals surface area contributed by atoms with Crippen LogP contribution < -0.4 is 11.1 Å². The van der Waals surface area contributed by atoms with Gasteiger partial charge in [0, 0.05) is 6.54 Å². The van der Waals surface area contributed by atoms with Crippen LogP contribution in [-0.4, -0.2) is 59.0 Å². The summed E-state index contributed by atoms with van der Waals surface area (Å²) in [6.45, 7) is 3.96. The van der Waals surface area contributed by atoms with Crippen molar-refractivity contribution in [2.75, 3.05) is 19.8 Å². The first kappa shape index (κ1) is 56.7. The first-order valence-corrected chi connectivity index (χ1v) is 25.7. The van der Waals surface area contributed by atoms with Crippen molar-refractivity contribution >= 4 is 13.7 Å². The molecule has 9 nitrogen and oxygen atoms in total. The molecule has 0 aliphatic rings. The van der Waals surface area contributed by atoms with E-state index >= 15 is 0 Å². The highest BCUT2D eigenvalue weighted by Gasteiger charge is 2.27. The lowest BCUT2D eigenvalue weighted by atomic mass is 10.0. The number of nitrogens with two attached hydrogens (primary N) is 1. The van der Waals surface area contributed by atoms with Crippen LogP contribution in [-0.2, 0) is 18.4 Å². The van der Waals surface area contributed by atoms with Crippen LogP contribution >= 0.6 is 7.82 Å². The Kier molecular flexibility index (Phi) is 42.8. The number of unbranched alkanes of at least 4 members (excludes halogenated alkanes) is 27. The molecule has 58 heavy (non-hydrogen) atoms. The molecule has 0 bridgehead atoms. The number of hydrogen-bond donors (Lipinski definition) is 5. The van der Waals surface area contributed by atoms with Crippen LogP contribution in [0.15, 0.2) is 36.5 Å². The molecule has 0 aromatic heterocycles. The molecule has 0 heterocycles. The fourth-order valence-corrected chi connectivity index (χ4v) is 7.83. The Balaban J connectivity index is 4.29. The van der Waals surface area contributed by atoms with E-state index in [1.807, 2.05) is 6.08 Å². The summed E-state index contributed by atoms with van der Waals surface area (Å²) in [6, 6.07) is -1.00. The maximum absolute atomic E-state index is 12.8. The number of carbonyl (C=O) groups is 1. The average molecular weight is 841 g/mol. The third-order valence-electron chi connectivity index (χ3n) is 10.7. The predicted molar refractivity (Wildman–Crippen MR) is 246 cm³/mol. The van der Waals surface area contributed by atoms with Gasteiger partial charge in [0.05, 0.1) is 37.9 Å². The van der Waals surface area contributed by atoms with E-state index < -0.39 is 38.6 Å². The smallest absolute Gasteiger partial charge is 0.393 e. The van der Waals surface area contributed by atoms with E-state index in [1.54, 1.807) is 6.08 Å². The summed E-state index contributed by atoms with van der Waals surface area (Å²) in [5.74, 6) is -0.459. The summed E-state index contributed by atoms with van der Waals surface area (Å²) in [5, 5.41) is 24.1. The third-order valence-corrected chi connectivity index (χ3v) is 11.7. The number of hydrogen-bond acceptors (Lipinski definition) is 7. The number of phosphoric ester groups is 1. The number of rotatable bonds is 45. The maximum atomic E-state index is 12.8. The highest BCUT2D eigenvalue weighted by molar-refractivity contribution is 7.47. The molecule has 0 aliphatic carbocycles. The van der Waals surface area contributed by atoms with E-state index in [-0.39, 0.29) is 19.6 Å². The van der Waals surface area contributed by atoms with Crippen molar-refractivity contribution in [3.05, 3.63) is 36.5 Å². The van der Waals surface area contributed by atoms with E-state index in [1.165, 1.54) is 148 Å². The summed E-state index contributed by atoms with van der Waals surface area (Å²) in [7, 11) is -4.41. The molecule has 0 radical (unpaired) electrons. The van der Waals surface area contributed by atoms with Gasteiger partial charge in [0.1, 0.15) is 0 Å². The average Bonchev–Trinajstić information content (AvgIpc) is 3.20. The zero-order valence-corrected chi connectivity index (χ0v) is 38.5. The molecule has 0 aromatic carbocycles. The Morgan fingerprint density at radius 3 is 1.43 bits per heavy atom. The number of amides is 1. The maximum Gasteiger partial charge on any atom is 0.472 e. The van der Waals surface area contributed by atoms with Crippen molar-refractivity contribution in [1.29, 1.82) is 0 Å². The van der Waals surface area contributed by atoms with E-state index in [9.17, 15) is 24.5 Å². The fourth-order valence-electron chi connectivity index (χ4n) is 7.07. The highest BCUT2D eigenvalue weighted by atomic mass is 31.2. The minimum absolute atomic E-state index is 0.0436. The summed E-state index contributed by atoms with van der Waals surface area (Å²) < 4.78 is 22.1. The molecule has 0 fully saturated rings. The summed E-state index contributed by atoms with van der Waals surface area (Å²) in [6.07, 6.45) is 49.5. The van der Waals surface area contributed by atoms with Gasteiger partial charge in [0.15, 0.2) is 0 Å². The van der Waals surface area contributed by atoms with Crippen LogP contribution in [0.1, 0.15) is 226 Å². The van der Waals surface area contributed by atoms with Crippen molar-refractivity contribution in [3.8, 4) is 0 Å². The Morgan fingerprint density at radius 2 is 0.983 bits per heavy atom. The largest absolute Gasteiger partial charge is 0.472 e. The van der Waals surface area contributed by atoms with E-state index in [2.05, 4.69) is 43.5 Å². The second kappa shape index (κ2) is 43.8. The van der Waals surface area contributed by atoms with Gasteiger partial charge in [-0.25, -0.2) is 4.57 Å². The van der Waals surface area contributed by atoms with Gasteiger partial charge >= 0.3 is 7.82 Å². The molecule has 0 saturated carbocycles. The second-order valence-corrected chi connectivity index (χ2v) is 18.0. The van der Waals surface area contributed by atoms with Crippen LogP contribution in [0.3, 0.4) is 0 Å². The Morgan fingerprint density at radius 1 is 0.586 bits per heavy atom. The zero-order valence-electron chi connectivity index (χ0n) is 37.7. The normalized spacial score (nSPS) is 14.8. The SMILES string of the molecule is CCCCCCCCCCCC/C=C\CCCCCCCC(O)CC(=O)NC(COP(=O)(O)OCCN)C(O)/C=C/CC/C=C/CCCCCCCCCCCCC.